The number of ketones is 1. The molecule has 0 unspecified atom stereocenters. The van der Waals surface area contributed by atoms with E-state index < -0.39 is 57.6 Å². The number of aliphatic imine (C=N–C) groups is 1. The summed E-state index contributed by atoms with van der Waals surface area (Å²) >= 11 is 0. The molecule has 1 aromatic heterocycles. The zero-order chi connectivity index (χ0) is 47.7. The second-order valence-electron chi connectivity index (χ2n) is 24.3. The Morgan fingerprint density at radius 3 is 2.39 bits per heavy atom. The molecule has 0 radical (unpaired) electrons. The molecule has 2 bridgehead atoms. The summed E-state index contributed by atoms with van der Waals surface area (Å²) in [6.45, 7) is 10.5. The predicted octanol–water partition coefficient (Wildman–Crippen LogP) is 7.63. The number of aliphatic hydroxyl groups is 6. The molecule has 1 saturated heterocycles. The molecular formula is C53H83N5O7S2. The van der Waals surface area contributed by atoms with Gasteiger partial charge >= 0.3 is 0 Å². The third kappa shape index (κ3) is 8.64. The molecule has 6 saturated carbocycles. The van der Waals surface area contributed by atoms with Crippen molar-refractivity contribution in [2.75, 3.05) is 18.9 Å². The maximum absolute atomic E-state index is 14.8. The first kappa shape index (κ1) is 50.0. The molecule has 12 nitrogen and oxygen atoms in total. The van der Waals surface area contributed by atoms with Crippen molar-refractivity contribution in [2.45, 2.75) is 198 Å². The van der Waals surface area contributed by atoms with E-state index in [1.807, 2.05) is 34.1 Å². The first-order valence-corrected chi connectivity index (χ1v) is 28.5. The van der Waals surface area contributed by atoms with Crippen molar-refractivity contribution in [3.05, 3.63) is 41.5 Å². The number of nitrogens with two attached hydrogens (primary N) is 1. The Balaban J connectivity index is 1.22. The molecule has 0 aromatic carbocycles. The largest absolute Gasteiger partial charge is 0.396 e. The number of carbonyl (C=O) groups is 1. The van der Waals surface area contributed by atoms with Crippen LogP contribution in [0.3, 0.4) is 0 Å². The molecular weight excluding hydrogens is 883 g/mol. The number of imidazole rings is 1. The molecule has 8 aliphatic rings. The van der Waals surface area contributed by atoms with Crippen LogP contribution in [0.15, 0.2) is 46.5 Å². The second-order valence-corrected chi connectivity index (χ2v) is 27.0. The highest BCUT2D eigenvalue weighted by Crippen LogP contribution is 2.75. The molecule has 7 fully saturated rings. The Kier molecular flexibility index (Phi) is 14.1. The summed E-state index contributed by atoms with van der Waals surface area (Å²) in [5, 5.41) is 75.9. The number of nitrogens with one attached hydrogen (secondary N) is 1. The molecule has 67 heavy (non-hydrogen) atoms. The Bertz CT molecular complexity index is 2050. The van der Waals surface area contributed by atoms with Crippen molar-refractivity contribution in [3.8, 4) is 0 Å². The minimum absolute atomic E-state index is 0.0797. The quantitative estimate of drug-likeness (QED) is 0.0472. The fourth-order valence-corrected chi connectivity index (χ4v) is 20.8. The number of hydrogen-bond donors (Lipinski definition) is 8. The molecule has 2 heterocycles. The van der Waals surface area contributed by atoms with Gasteiger partial charge in [-0.2, -0.15) is 0 Å². The Hall–Kier alpha value is -1.91. The summed E-state index contributed by atoms with van der Waals surface area (Å²) in [7, 11) is 3.85. The van der Waals surface area contributed by atoms with Gasteiger partial charge in [0, 0.05) is 52.7 Å². The lowest BCUT2D eigenvalue weighted by Gasteiger charge is -2.65. The van der Waals surface area contributed by atoms with Gasteiger partial charge in [0.15, 0.2) is 11.7 Å². The van der Waals surface area contributed by atoms with E-state index in [2.05, 4.69) is 48.8 Å². The number of rotatable bonds is 5. The molecule has 0 amide bonds. The van der Waals surface area contributed by atoms with E-state index in [-0.39, 0.29) is 72.9 Å². The van der Waals surface area contributed by atoms with Crippen LogP contribution in [0.2, 0.25) is 0 Å². The molecule has 1 aliphatic heterocycles. The molecule has 374 valence electrons. The van der Waals surface area contributed by atoms with Gasteiger partial charge < -0.3 is 46.3 Å². The molecule has 2 spiro atoms. The van der Waals surface area contributed by atoms with Crippen molar-refractivity contribution in [3.63, 3.8) is 0 Å². The van der Waals surface area contributed by atoms with Crippen molar-refractivity contribution in [2.24, 2.45) is 67.9 Å². The van der Waals surface area contributed by atoms with E-state index >= 15 is 0 Å². The van der Waals surface area contributed by atoms with Gasteiger partial charge in [0.1, 0.15) is 6.23 Å². The molecule has 14 atom stereocenters. The SMILES string of the molecule is C[C@@H]1[C@H](O)C/C(=C2/CCCC3(CCCC3)C2)C(C)(C)C[C@@H](n2ccnc2)CSSC2(CCCCC2)[C@@H]2C[C@H]1[C@@]1(CO)C[C@H](CN=C(N)N[C@H](C)O)[C@H]3C(=CC(=O)[C@@H]4C[C@@H](O)[C@@H](O)C[C@]34C)[C@]21O. The van der Waals surface area contributed by atoms with Crippen LogP contribution in [0.25, 0.3) is 0 Å². The zero-order valence-electron chi connectivity index (χ0n) is 41.0. The highest BCUT2D eigenvalue weighted by molar-refractivity contribution is 8.77. The number of aromatic nitrogens is 2. The van der Waals surface area contributed by atoms with Crippen LogP contribution in [0.1, 0.15) is 163 Å². The van der Waals surface area contributed by atoms with E-state index in [1.54, 1.807) is 13.0 Å². The normalized spacial score (nSPS) is 43.7. The van der Waals surface area contributed by atoms with Gasteiger partial charge in [-0.15, -0.1) is 0 Å². The van der Waals surface area contributed by atoms with Crippen LogP contribution < -0.4 is 11.1 Å². The van der Waals surface area contributed by atoms with Crippen LogP contribution >= 0.6 is 21.6 Å². The molecule has 7 aliphatic carbocycles. The molecule has 9 rings (SSSR count). The second kappa shape index (κ2) is 18.9. The van der Waals surface area contributed by atoms with Gasteiger partial charge in [-0.25, -0.2) is 4.98 Å². The zero-order valence-corrected chi connectivity index (χ0v) is 42.7. The smallest absolute Gasteiger partial charge is 0.190 e. The van der Waals surface area contributed by atoms with E-state index in [0.29, 0.717) is 30.3 Å². The number of carbonyl (C=O) groups excluding carboxylic acids is 1. The average molecular weight is 966 g/mol. The minimum atomic E-state index is -1.63. The van der Waals surface area contributed by atoms with Gasteiger partial charge in [0.05, 0.1) is 36.8 Å². The summed E-state index contributed by atoms with van der Waals surface area (Å²) in [5.41, 5.74) is 6.47. The number of nitrogens with zero attached hydrogens (tertiary/aromatic N) is 3. The average Bonchev–Trinajstić information content (AvgIpc) is 4.04. The first-order chi connectivity index (χ1) is 31.8. The van der Waals surface area contributed by atoms with Crippen LogP contribution in [0.5, 0.6) is 0 Å². The molecule has 9 N–H and O–H groups in total. The number of allylic oxidation sites excluding steroid dienone is 2. The fraction of sp³-hybridized carbons (Fsp3) is 0.830. The van der Waals surface area contributed by atoms with Gasteiger partial charge in [-0.1, -0.05) is 92.5 Å². The van der Waals surface area contributed by atoms with Crippen LogP contribution in [0.4, 0.5) is 0 Å². The summed E-state index contributed by atoms with van der Waals surface area (Å²) in [6.07, 6.45) is 21.3. The summed E-state index contributed by atoms with van der Waals surface area (Å²) in [6, 6.07) is 0.142. The third-order valence-electron chi connectivity index (χ3n) is 20.0. The van der Waals surface area contributed by atoms with Crippen molar-refractivity contribution < 1.29 is 35.4 Å². The summed E-state index contributed by atoms with van der Waals surface area (Å²) in [5.74, 6) is -1.53. The first-order valence-electron chi connectivity index (χ1n) is 26.2. The van der Waals surface area contributed by atoms with Gasteiger partial charge in [-0.05, 0) is 148 Å². The topological polar surface area (TPSA) is 207 Å². The van der Waals surface area contributed by atoms with Gasteiger partial charge in [0.25, 0.3) is 0 Å². The lowest BCUT2D eigenvalue weighted by molar-refractivity contribution is -0.186. The van der Waals surface area contributed by atoms with E-state index in [0.717, 1.165) is 57.1 Å². The number of hydrogen-bond acceptors (Lipinski definition) is 11. The van der Waals surface area contributed by atoms with Crippen LogP contribution in [0, 0.1) is 57.2 Å². The molecule has 1 aromatic rings. The van der Waals surface area contributed by atoms with Crippen molar-refractivity contribution in [1.82, 2.24) is 14.9 Å². The van der Waals surface area contributed by atoms with Gasteiger partial charge in [0.2, 0.25) is 0 Å². The third-order valence-corrected chi connectivity index (χ3v) is 23.5. The summed E-state index contributed by atoms with van der Waals surface area (Å²) < 4.78 is 1.89. The number of fused-ring (bicyclic) bond motifs is 10. The monoisotopic (exact) mass is 966 g/mol. The fourth-order valence-electron chi connectivity index (χ4n) is 16.9. The van der Waals surface area contributed by atoms with Crippen LogP contribution in [-0.2, 0) is 4.79 Å². The maximum Gasteiger partial charge on any atom is 0.190 e. The van der Waals surface area contributed by atoms with E-state index in [4.69, 9.17) is 10.7 Å². The number of aliphatic hydroxyl groups excluding tert-OH is 5. The maximum atomic E-state index is 14.8. The lowest BCUT2D eigenvalue weighted by atomic mass is 9.42. The van der Waals surface area contributed by atoms with Crippen molar-refractivity contribution >= 4 is 33.3 Å². The highest BCUT2D eigenvalue weighted by Gasteiger charge is 2.76. The Labute approximate surface area is 407 Å². The van der Waals surface area contributed by atoms with Gasteiger partial charge in [-0.3, -0.25) is 9.79 Å². The lowest BCUT2D eigenvalue weighted by Crippen LogP contribution is -2.68. The van der Waals surface area contributed by atoms with E-state index in [1.165, 1.54) is 49.7 Å². The Morgan fingerprint density at radius 2 is 1.70 bits per heavy atom. The highest BCUT2D eigenvalue weighted by atomic mass is 33.1. The number of guanidine groups is 1. The summed E-state index contributed by atoms with van der Waals surface area (Å²) in [4.78, 5) is 24.2. The van der Waals surface area contributed by atoms with E-state index in [9.17, 15) is 35.4 Å². The Morgan fingerprint density at radius 1 is 0.985 bits per heavy atom. The minimum Gasteiger partial charge on any atom is -0.396 e. The molecule has 14 heteroatoms. The van der Waals surface area contributed by atoms with Crippen LogP contribution in [-0.4, -0.2) is 106 Å². The van der Waals surface area contributed by atoms with Crippen molar-refractivity contribution in [1.29, 1.82) is 0 Å². The predicted molar refractivity (Wildman–Crippen MR) is 267 cm³/mol. The standard InChI is InChI=1S/C53H83N5O7S2/c1-32-37-23-45(53(65)40-22-42(62)39-21-43(63)44(64)27-49(39,5)46(40)35(25-51(37,53)30-59)28-56-47(54)57-33(2)60)52(16-7-6-8-17-52)67-66-29-36(58-19-18-55-31-58)26-48(3,4)38(20-41(32)61)34-12-11-15-50(24-34)13-9-10-14-50/h18-19,22,31-33,35-37,39,41,43-46,59-61,63-65H,6-17,20-21,23-30H2,1-5H3,(H3,54,56,57)/b38-34+/t32-,33-,35+,36+,37+,39-,41+,43+,44-,45-,46-,49-,51-,53-/m0/s1.